The number of hydrogen-bond donors (Lipinski definition) is 3. The van der Waals surface area contributed by atoms with Crippen LogP contribution in [-0.2, 0) is 0 Å². The molecular formula is C8H9BrFNO2. The lowest BCUT2D eigenvalue weighted by molar-refractivity contribution is 0.267. The summed E-state index contributed by atoms with van der Waals surface area (Å²) in [6.07, 6.45) is 0. The molecule has 1 aromatic carbocycles. The summed E-state index contributed by atoms with van der Waals surface area (Å²) in [7, 11) is 0. The number of phenolic OH excluding ortho intramolecular Hbond substituents is 1. The van der Waals surface area contributed by atoms with E-state index in [1.807, 2.05) is 0 Å². The van der Waals surface area contributed by atoms with Gasteiger partial charge in [-0.2, -0.15) is 0 Å². The first-order valence-corrected chi connectivity index (χ1v) is 4.40. The van der Waals surface area contributed by atoms with Crippen LogP contribution in [0.2, 0.25) is 0 Å². The zero-order valence-electron chi connectivity index (χ0n) is 6.67. The van der Waals surface area contributed by atoms with E-state index < -0.39 is 11.9 Å². The van der Waals surface area contributed by atoms with Crippen LogP contribution in [0.4, 0.5) is 4.39 Å². The van der Waals surface area contributed by atoms with Gasteiger partial charge in [0.15, 0.2) is 0 Å². The van der Waals surface area contributed by atoms with E-state index in [0.29, 0.717) is 5.56 Å². The van der Waals surface area contributed by atoms with Gasteiger partial charge in [0.1, 0.15) is 11.6 Å². The predicted octanol–water partition coefficient (Wildman–Crippen LogP) is 1.29. The lowest BCUT2D eigenvalue weighted by Gasteiger charge is -2.09. The smallest absolute Gasteiger partial charge is 0.141 e. The molecule has 1 aromatic rings. The number of aliphatic hydroxyl groups is 1. The minimum atomic E-state index is -0.673. The van der Waals surface area contributed by atoms with Crippen molar-refractivity contribution in [3.05, 3.63) is 28.0 Å². The fraction of sp³-hybridized carbons (Fsp3) is 0.250. The van der Waals surface area contributed by atoms with Crippen molar-refractivity contribution in [1.82, 2.24) is 0 Å². The second-order valence-electron chi connectivity index (χ2n) is 2.62. The van der Waals surface area contributed by atoms with Crippen molar-refractivity contribution >= 4 is 15.9 Å². The van der Waals surface area contributed by atoms with Crippen LogP contribution in [0.3, 0.4) is 0 Å². The van der Waals surface area contributed by atoms with E-state index in [0.717, 1.165) is 0 Å². The van der Waals surface area contributed by atoms with E-state index in [2.05, 4.69) is 15.9 Å². The zero-order valence-corrected chi connectivity index (χ0v) is 8.25. The fourth-order valence-electron chi connectivity index (χ4n) is 0.914. The second-order valence-corrected chi connectivity index (χ2v) is 3.42. The molecule has 3 nitrogen and oxygen atoms in total. The maximum Gasteiger partial charge on any atom is 0.141 e. The second kappa shape index (κ2) is 4.04. The van der Waals surface area contributed by atoms with Gasteiger partial charge >= 0.3 is 0 Å². The van der Waals surface area contributed by atoms with Crippen LogP contribution in [0.5, 0.6) is 5.75 Å². The SMILES string of the molecule is NC(CO)c1cc(O)c(Br)c(F)c1. The Labute approximate surface area is 83.1 Å². The number of aromatic hydroxyl groups is 1. The lowest BCUT2D eigenvalue weighted by atomic mass is 10.1. The maximum atomic E-state index is 13.0. The molecule has 0 aliphatic heterocycles. The average Bonchev–Trinajstić information content (AvgIpc) is 2.12. The van der Waals surface area contributed by atoms with Gasteiger partial charge in [0.2, 0.25) is 0 Å². The Hall–Kier alpha value is -0.650. The first-order valence-electron chi connectivity index (χ1n) is 3.60. The van der Waals surface area contributed by atoms with Gasteiger partial charge < -0.3 is 15.9 Å². The van der Waals surface area contributed by atoms with E-state index in [4.69, 9.17) is 10.8 Å². The molecule has 0 saturated heterocycles. The highest BCUT2D eigenvalue weighted by Gasteiger charge is 2.11. The highest BCUT2D eigenvalue weighted by molar-refractivity contribution is 9.10. The van der Waals surface area contributed by atoms with Crippen molar-refractivity contribution in [2.75, 3.05) is 6.61 Å². The van der Waals surface area contributed by atoms with Gasteiger partial charge in [-0.05, 0) is 33.6 Å². The number of hydrogen-bond acceptors (Lipinski definition) is 3. The van der Waals surface area contributed by atoms with Crippen molar-refractivity contribution < 1.29 is 14.6 Å². The van der Waals surface area contributed by atoms with Crippen LogP contribution < -0.4 is 5.73 Å². The molecule has 0 spiro atoms. The van der Waals surface area contributed by atoms with Crippen molar-refractivity contribution in [2.24, 2.45) is 5.73 Å². The van der Waals surface area contributed by atoms with E-state index in [1.54, 1.807) is 0 Å². The molecule has 0 saturated carbocycles. The Morgan fingerprint density at radius 2 is 2.15 bits per heavy atom. The molecular weight excluding hydrogens is 241 g/mol. The lowest BCUT2D eigenvalue weighted by Crippen LogP contribution is -2.14. The maximum absolute atomic E-state index is 13.0. The molecule has 0 amide bonds. The molecule has 0 aromatic heterocycles. The molecule has 0 aliphatic rings. The third kappa shape index (κ3) is 2.18. The highest BCUT2D eigenvalue weighted by atomic mass is 79.9. The van der Waals surface area contributed by atoms with E-state index in [9.17, 15) is 9.50 Å². The number of aliphatic hydroxyl groups excluding tert-OH is 1. The van der Waals surface area contributed by atoms with Gasteiger partial charge in [0, 0.05) is 0 Å². The topological polar surface area (TPSA) is 66.5 Å². The Morgan fingerprint density at radius 3 is 2.62 bits per heavy atom. The Balaban J connectivity index is 3.13. The monoisotopic (exact) mass is 249 g/mol. The third-order valence-corrected chi connectivity index (χ3v) is 2.44. The van der Waals surface area contributed by atoms with Crippen molar-refractivity contribution in [1.29, 1.82) is 0 Å². The highest BCUT2D eigenvalue weighted by Crippen LogP contribution is 2.29. The number of halogens is 2. The number of benzene rings is 1. The summed E-state index contributed by atoms with van der Waals surface area (Å²) < 4.78 is 13.0. The van der Waals surface area contributed by atoms with Gasteiger partial charge in [0.05, 0.1) is 17.1 Å². The molecule has 0 heterocycles. The molecule has 0 aliphatic carbocycles. The molecule has 72 valence electrons. The normalized spacial score (nSPS) is 12.9. The molecule has 0 radical (unpaired) electrons. The van der Waals surface area contributed by atoms with E-state index in [-0.39, 0.29) is 16.8 Å². The number of phenols is 1. The standard InChI is InChI=1S/C8H9BrFNO2/c9-8-5(10)1-4(2-7(8)13)6(11)3-12/h1-2,6,12-13H,3,11H2. The Kier molecular flexibility index (Phi) is 3.24. The fourth-order valence-corrected chi connectivity index (χ4v) is 1.14. The Bertz CT molecular complexity index is 296. The van der Waals surface area contributed by atoms with Crippen LogP contribution in [0.1, 0.15) is 11.6 Å². The predicted molar refractivity (Wildman–Crippen MR) is 49.8 cm³/mol. The summed E-state index contributed by atoms with van der Waals surface area (Å²) in [6, 6.07) is 1.81. The molecule has 13 heavy (non-hydrogen) atoms. The van der Waals surface area contributed by atoms with Gasteiger partial charge in [0.25, 0.3) is 0 Å². The summed E-state index contributed by atoms with van der Waals surface area (Å²) in [5.41, 5.74) is 5.80. The van der Waals surface area contributed by atoms with Crippen molar-refractivity contribution in [3.8, 4) is 5.75 Å². The molecule has 1 atom stereocenters. The third-order valence-electron chi connectivity index (χ3n) is 1.66. The summed E-state index contributed by atoms with van der Waals surface area (Å²) >= 11 is 2.86. The number of rotatable bonds is 2. The summed E-state index contributed by atoms with van der Waals surface area (Å²) in [6.45, 7) is -0.291. The first kappa shape index (κ1) is 10.4. The van der Waals surface area contributed by atoms with Crippen LogP contribution in [0.15, 0.2) is 16.6 Å². The summed E-state index contributed by atoms with van der Waals surface area (Å²) in [5.74, 6) is -0.821. The van der Waals surface area contributed by atoms with Gasteiger partial charge in [-0.25, -0.2) is 4.39 Å². The van der Waals surface area contributed by atoms with Crippen molar-refractivity contribution in [2.45, 2.75) is 6.04 Å². The quantitative estimate of drug-likeness (QED) is 0.740. The minimum absolute atomic E-state index is 0.00129. The van der Waals surface area contributed by atoms with Gasteiger partial charge in [-0.3, -0.25) is 0 Å². The van der Waals surface area contributed by atoms with Gasteiger partial charge in [-0.1, -0.05) is 0 Å². The molecule has 4 N–H and O–H groups in total. The van der Waals surface area contributed by atoms with Crippen molar-refractivity contribution in [3.63, 3.8) is 0 Å². The van der Waals surface area contributed by atoms with E-state index >= 15 is 0 Å². The molecule has 1 unspecified atom stereocenters. The molecule has 1 rings (SSSR count). The summed E-state index contributed by atoms with van der Waals surface area (Å²) in [4.78, 5) is 0. The zero-order chi connectivity index (χ0) is 10.0. The molecule has 0 bridgehead atoms. The minimum Gasteiger partial charge on any atom is -0.507 e. The first-order chi connectivity index (χ1) is 6.06. The molecule has 0 fully saturated rings. The average molecular weight is 250 g/mol. The largest absolute Gasteiger partial charge is 0.507 e. The van der Waals surface area contributed by atoms with Crippen LogP contribution in [0.25, 0.3) is 0 Å². The Morgan fingerprint density at radius 1 is 1.54 bits per heavy atom. The van der Waals surface area contributed by atoms with Gasteiger partial charge in [-0.15, -0.1) is 0 Å². The van der Waals surface area contributed by atoms with Crippen LogP contribution in [-0.4, -0.2) is 16.8 Å². The van der Waals surface area contributed by atoms with Crippen LogP contribution >= 0.6 is 15.9 Å². The molecule has 5 heteroatoms. The van der Waals surface area contributed by atoms with Crippen LogP contribution in [0, 0.1) is 5.82 Å². The summed E-state index contributed by atoms with van der Waals surface area (Å²) in [5, 5.41) is 17.9. The van der Waals surface area contributed by atoms with E-state index in [1.165, 1.54) is 12.1 Å². The number of nitrogens with two attached hydrogens (primary N) is 1.